The maximum Gasteiger partial charge on any atom is 0.0817 e. The Morgan fingerprint density at radius 2 is 2.07 bits per heavy atom. The molecule has 0 atom stereocenters. The van der Waals surface area contributed by atoms with Gasteiger partial charge in [0.15, 0.2) is 0 Å². The number of rotatable bonds is 1. The smallest absolute Gasteiger partial charge is 0.0817 e. The lowest BCUT2D eigenvalue weighted by atomic mass is 10.0. The van der Waals surface area contributed by atoms with Crippen LogP contribution in [0.1, 0.15) is 25.3 Å². The first-order valence-corrected chi connectivity index (χ1v) is 6.43. The van der Waals surface area contributed by atoms with Gasteiger partial charge in [0.2, 0.25) is 0 Å². The molecule has 1 heterocycles. The lowest BCUT2D eigenvalue weighted by Gasteiger charge is -2.03. The molecule has 0 aliphatic rings. The molecule has 2 rings (SSSR count). The van der Waals surface area contributed by atoms with Crippen molar-refractivity contribution < 1.29 is 0 Å². The molecule has 0 bridgehead atoms. The highest BCUT2D eigenvalue weighted by atomic mass is 127. The molecule has 14 heavy (non-hydrogen) atoms. The zero-order chi connectivity index (χ0) is 10.3. The summed E-state index contributed by atoms with van der Waals surface area (Å²) in [5.41, 5.74) is 2.64. The molecule has 1 nitrogen and oxygen atoms in total. The van der Waals surface area contributed by atoms with E-state index < -0.39 is 0 Å². The lowest BCUT2D eigenvalue weighted by Crippen LogP contribution is -1.87. The second-order valence-corrected chi connectivity index (χ2v) is 5.69. The van der Waals surface area contributed by atoms with Crippen LogP contribution in [0.15, 0.2) is 22.7 Å². The summed E-state index contributed by atoms with van der Waals surface area (Å²) >= 11 is 5.85. The van der Waals surface area contributed by atoms with E-state index in [-0.39, 0.29) is 0 Å². The first-order valence-electron chi connectivity index (χ1n) is 4.56. The molecule has 0 saturated heterocycles. The van der Waals surface area contributed by atoms with E-state index in [2.05, 4.69) is 75.6 Å². The number of aromatic nitrogens is 1. The fourth-order valence-corrected chi connectivity index (χ4v) is 3.29. The van der Waals surface area contributed by atoms with Gasteiger partial charge >= 0.3 is 0 Å². The van der Waals surface area contributed by atoms with Gasteiger partial charge in [-0.05, 0) is 46.2 Å². The normalized spacial score (nSPS) is 11.5. The molecule has 1 aromatic carbocycles. The SMILES string of the molecule is CC(C)c1c(I)[nH]c2cc(Br)ccc12. The Hall–Kier alpha value is -0.0300. The number of hydrogen-bond acceptors (Lipinski definition) is 0. The number of aromatic amines is 1. The van der Waals surface area contributed by atoms with E-state index in [4.69, 9.17) is 0 Å². The molecule has 3 heteroatoms. The minimum absolute atomic E-state index is 0.567. The van der Waals surface area contributed by atoms with E-state index in [1.807, 2.05) is 0 Å². The number of halogens is 2. The van der Waals surface area contributed by atoms with E-state index >= 15 is 0 Å². The number of fused-ring (bicyclic) bond motifs is 1. The second-order valence-electron chi connectivity index (χ2n) is 3.70. The number of nitrogens with one attached hydrogen (secondary N) is 1. The highest BCUT2D eigenvalue weighted by Gasteiger charge is 2.12. The van der Waals surface area contributed by atoms with Crippen LogP contribution in [0.25, 0.3) is 10.9 Å². The van der Waals surface area contributed by atoms with E-state index in [0.29, 0.717) is 5.92 Å². The van der Waals surface area contributed by atoms with Crippen LogP contribution in [-0.2, 0) is 0 Å². The summed E-state index contributed by atoms with van der Waals surface area (Å²) < 4.78 is 2.38. The predicted octanol–water partition coefficient (Wildman–Crippen LogP) is 4.66. The van der Waals surface area contributed by atoms with Gasteiger partial charge in [-0.1, -0.05) is 35.8 Å². The first kappa shape index (κ1) is 10.5. The van der Waals surface area contributed by atoms with Crippen molar-refractivity contribution in [2.24, 2.45) is 0 Å². The van der Waals surface area contributed by atoms with Crippen LogP contribution < -0.4 is 0 Å². The molecule has 0 spiro atoms. The Morgan fingerprint density at radius 3 is 2.71 bits per heavy atom. The minimum Gasteiger partial charge on any atom is -0.350 e. The Balaban J connectivity index is 2.77. The van der Waals surface area contributed by atoms with Crippen LogP contribution in [0.3, 0.4) is 0 Å². The molecular formula is C11H11BrIN. The minimum atomic E-state index is 0.567. The molecule has 2 aromatic rings. The highest BCUT2D eigenvalue weighted by Crippen LogP contribution is 2.31. The fourth-order valence-electron chi connectivity index (χ4n) is 1.72. The molecular weight excluding hydrogens is 353 g/mol. The van der Waals surface area contributed by atoms with Crippen LogP contribution in [0, 0.1) is 3.70 Å². The van der Waals surface area contributed by atoms with Crippen molar-refractivity contribution in [2.75, 3.05) is 0 Å². The summed E-state index contributed by atoms with van der Waals surface area (Å²) in [7, 11) is 0. The zero-order valence-electron chi connectivity index (χ0n) is 8.07. The monoisotopic (exact) mass is 363 g/mol. The van der Waals surface area contributed by atoms with E-state index in [1.165, 1.54) is 20.2 Å². The summed E-state index contributed by atoms with van der Waals surface area (Å²) in [6.07, 6.45) is 0. The second kappa shape index (κ2) is 3.85. The van der Waals surface area contributed by atoms with Crippen molar-refractivity contribution >= 4 is 49.4 Å². The summed E-state index contributed by atoms with van der Waals surface area (Å²) in [4.78, 5) is 3.41. The largest absolute Gasteiger partial charge is 0.350 e. The third-order valence-corrected chi connectivity index (χ3v) is 3.67. The average molecular weight is 364 g/mol. The zero-order valence-corrected chi connectivity index (χ0v) is 11.8. The predicted molar refractivity (Wildman–Crippen MR) is 72.8 cm³/mol. The third kappa shape index (κ3) is 1.72. The molecule has 0 aliphatic carbocycles. The Morgan fingerprint density at radius 1 is 1.36 bits per heavy atom. The van der Waals surface area contributed by atoms with Crippen LogP contribution >= 0.6 is 38.5 Å². The number of hydrogen-bond donors (Lipinski definition) is 1. The summed E-state index contributed by atoms with van der Waals surface area (Å²) in [5.74, 6) is 0.567. The topological polar surface area (TPSA) is 15.8 Å². The van der Waals surface area contributed by atoms with Gasteiger partial charge in [-0.25, -0.2) is 0 Å². The Bertz CT molecular complexity index is 473. The van der Waals surface area contributed by atoms with Gasteiger partial charge < -0.3 is 4.98 Å². The first-order chi connectivity index (χ1) is 6.59. The number of H-pyrrole nitrogens is 1. The van der Waals surface area contributed by atoms with Crippen LogP contribution in [0.5, 0.6) is 0 Å². The van der Waals surface area contributed by atoms with Gasteiger partial charge in [-0.15, -0.1) is 0 Å². The molecule has 1 aromatic heterocycles. The van der Waals surface area contributed by atoms with Crippen molar-refractivity contribution in [3.8, 4) is 0 Å². The molecule has 0 radical (unpaired) electrons. The van der Waals surface area contributed by atoms with E-state index in [9.17, 15) is 0 Å². The molecule has 74 valence electrons. The molecule has 0 amide bonds. The fraction of sp³-hybridized carbons (Fsp3) is 0.273. The number of benzene rings is 1. The van der Waals surface area contributed by atoms with Gasteiger partial charge in [-0.3, -0.25) is 0 Å². The maximum absolute atomic E-state index is 3.48. The Kier molecular flexibility index (Phi) is 2.88. The molecule has 0 fully saturated rings. The van der Waals surface area contributed by atoms with Crippen LogP contribution in [-0.4, -0.2) is 4.98 Å². The van der Waals surface area contributed by atoms with Crippen molar-refractivity contribution in [3.63, 3.8) is 0 Å². The van der Waals surface area contributed by atoms with Gasteiger partial charge in [0.05, 0.1) is 3.70 Å². The van der Waals surface area contributed by atoms with Crippen molar-refractivity contribution in [2.45, 2.75) is 19.8 Å². The Labute approximate surface area is 106 Å². The molecule has 1 N–H and O–H groups in total. The summed E-state index contributed by atoms with van der Waals surface area (Å²) in [6, 6.07) is 6.40. The molecule has 0 aliphatic heterocycles. The maximum atomic E-state index is 3.48. The van der Waals surface area contributed by atoms with Crippen LogP contribution in [0.4, 0.5) is 0 Å². The molecule has 0 unspecified atom stereocenters. The van der Waals surface area contributed by atoms with E-state index in [1.54, 1.807) is 0 Å². The summed E-state index contributed by atoms with van der Waals surface area (Å²) in [5, 5.41) is 1.34. The van der Waals surface area contributed by atoms with Crippen molar-refractivity contribution in [1.29, 1.82) is 0 Å². The van der Waals surface area contributed by atoms with Crippen LogP contribution in [0.2, 0.25) is 0 Å². The highest BCUT2D eigenvalue weighted by molar-refractivity contribution is 14.1. The quantitative estimate of drug-likeness (QED) is 0.709. The van der Waals surface area contributed by atoms with Crippen molar-refractivity contribution in [3.05, 3.63) is 31.9 Å². The summed E-state index contributed by atoms with van der Waals surface area (Å²) in [6.45, 7) is 4.46. The van der Waals surface area contributed by atoms with Gasteiger partial charge in [-0.2, -0.15) is 0 Å². The van der Waals surface area contributed by atoms with Gasteiger partial charge in [0, 0.05) is 15.4 Å². The van der Waals surface area contributed by atoms with E-state index in [0.717, 1.165) is 4.47 Å². The molecule has 0 saturated carbocycles. The lowest BCUT2D eigenvalue weighted by molar-refractivity contribution is 0.868. The average Bonchev–Trinajstić information content (AvgIpc) is 2.39. The van der Waals surface area contributed by atoms with Gasteiger partial charge in [0.25, 0.3) is 0 Å². The third-order valence-electron chi connectivity index (χ3n) is 2.33. The van der Waals surface area contributed by atoms with Crippen molar-refractivity contribution in [1.82, 2.24) is 4.98 Å². The van der Waals surface area contributed by atoms with Gasteiger partial charge in [0.1, 0.15) is 0 Å². The standard InChI is InChI=1S/C11H11BrIN/c1-6(2)10-8-4-3-7(12)5-9(8)14-11(10)13/h3-6,14H,1-2H3.